The monoisotopic (exact) mass is 754 g/mol. The summed E-state index contributed by atoms with van der Waals surface area (Å²) in [6.45, 7) is 7.92. The van der Waals surface area contributed by atoms with Crippen LogP contribution in [0.3, 0.4) is 0 Å². The number of amides is 3. The van der Waals surface area contributed by atoms with E-state index >= 15 is 0 Å². The van der Waals surface area contributed by atoms with E-state index in [2.05, 4.69) is 48.1 Å². The molecule has 0 spiro atoms. The van der Waals surface area contributed by atoms with Gasteiger partial charge in [-0.2, -0.15) is 0 Å². The Kier molecular flexibility index (Phi) is 8.65. The van der Waals surface area contributed by atoms with Gasteiger partial charge in [0, 0.05) is 82.5 Å². The molecule has 0 radical (unpaired) electrons. The lowest BCUT2D eigenvalue weighted by Gasteiger charge is -2.45. The molecule has 3 amide bonds. The van der Waals surface area contributed by atoms with Crippen molar-refractivity contribution in [2.45, 2.75) is 44.3 Å². The fraction of sp³-hybridized carbons (Fsp3) is 0.381. The number of imidazole rings is 1. The number of nitrogens with zero attached hydrogens (tertiary/aromatic N) is 9. The molecule has 1 N–H and O–H groups in total. The van der Waals surface area contributed by atoms with E-state index in [1.165, 1.54) is 6.07 Å². The first-order valence-corrected chi connectivity index (χ1v) is 19.7. The van der Waals surface area contributed by atoms with Crippen molar-refractivity contribution in [3.8, 4) is 11.4 Å². The number of piperazine rings is 1. The number of carbonyl (C=O) groups excluding carboxylic acids is 3. The highest BCUT2D eigenvalue weighted by molar-refractivity contribution is 6.05. The number of fused-ring (bicyclic) bond motifs is 2. The van der Waals surface area contributed by atoms with Crippen LogP contribution in [0.4, 0.5) is 21.7 Å². The summed E-state index contributed by atoms with van der Waals surface area (Å²) in [6, 6.07) is 22.5. The summed E-state index contributed by atoms with van der Waals surface area (Å²) in [6.07, 6.45) is 4.42. The van der Waals surface area contributed by atoms with E-state index in [-0.39, 0.29) is 36.0 Å². The van der Waals surface area contributed by atoms with Gasteiger partial charge in [0.2, 0.25) is 11.8 Å². The predicted molar refractivity (Wildman–Crippen MR) is 209 cm³/mol. The van der Waals surface area contributed by atoms with Gasteiger partial charge < -0.3 is 19.6 Å². The molecule has 14 heteroatoms. The largest absolute Gasteiger partial charge is 0.371 e. The predicted octanol–water partition coefficient (Wildman–Crippen LogP) is 4.29. The van der Waals surface area contributed by atoms with Crippen LogP contribution in [0.5, 0.6) is 0 Å². The minimum Gasteiger partial charge on any atom is -0.371 e. The van der Waals surface area contributed by atoms with Crippen LogP contribution < -0.4 is 20.0 Å². The van der Waals surface area contributed by atoms with Gasteiger partial charge in [-0.05, 0) is 85.0 Å². The van der Waals surface area contributed by atoms with Crippen LogP contribution in [0.1, 0.15) is 53.2 Å². The Morgan fingerprint density at radius 3 is 2.50 bits per heavy atom. The summed E-state index contributed by atoms with van der Waals surface area (Å²) in [4.78, 5) is 58.1. The average Bonchev–Trinajstić information content (AvgIpc) is 3.94. The lowest BCUT2D eigenvalue weighted by atomic mass is 9.97. The van der Waals surface area contributed by atoms with E-state index in [0.29, 0.717) is 24.4 Å². The van der Waals surface area contributed by atoms with Crippen molar-refractivity contribution in [2.24, 2.45) is 5.92 Å². The third-order valence-electron chi connectivity index (χ3n) is 12.2. The van der Waals surface area contributed by atoms with E-state index in [1.54, 1.807) is 17.0 Å². The quantitative estimate of drug-likeness (QED) is 0.230. The van der Waals surface area contributed by atoms with Crippen molar-refractivity contribution in [2.75, 3.05) is 67.1 Å². The molecule has 0 aliphatic carbocycles. The van der Waals surface area contributed by atoms with Crippen LogP contribution in [0.2, 0.25) is 0 Å². The van der Waals surface area contributed by atoms with Gasteiger partial charge in [-0.3, -0.25) is 24.6 Å². The first-order valence-electron chi connectivity index (χ1n) is 19.7. The highest BCUT2D eigenvalue weighted by Gasteiger charge is 2.40. The second-order valence-corrected chi connectivity index (χ2v) is 15.7. The Morgan fingerprint density at radius 2 is 1.66 bits per heavy atom. The minimum atomic E-state index is -0.600. The van der Waals surface area contributed by atoms with Gasteiger partial charge in [0.05, 0.1) is 17.9 Å². The maximum absolute atomic E-state index is 14.1. The fourth-order valence-electron chi connectivity index (χ4n) is 9.21. The molecule has 4 fully saturated rings. The van der Waals surface area contributed by atoms with Crippen LogP contribution >= 0.6 is 0 Å². The third kappa shape index (κ3) is 6.31. The number of benzene rings is 2. The molecule has 3 aromatic heterocycles. The number of carbonyl (C=O) groups is 3. The summed E-state index contributed by atoms with van der Waals surface area (Å²) < 4.78 is 16.0. The molecule has 5 aliphatic heterocycles. The standard InChI is InChI=1S/C42H43FN10O3/c43-30-5-1-4-28(20-30)34-7-3-15-51(34)39-13-12-37-44-22-36(53(37)47-39)33-6-2-8-38(45-33)49-18-16-48(17-19-49)23-27-24-50(25-27)31-9-10-32-29(21-31)26-52(42(32)56)35-11-14-40(54)46-41(35)55/h1-2,4-6,8-10,12-13,20-22,27,34-35H,3,7,11,14-19,23-26H2,(H,46,54,55)/t34-,35?/m1/s1. The van der Waals surface area contributed by atoms with Gasteiger partial charge in [-0.25, -0.2) is 18.9 Å². The third-order valence-corrected chi connectivity index (χ3v) is 12.2. The number of hydrogen-bond acceptors (Lipinski definition) is 10. The summed E-state index contributed by atoms with van der Waals surface area (Å²) in [5, 5.41) is 7.41. The molecule has 0 bridgehead atoms. The molecule has 8 heterocycles. The van der Waals surface area contributed by atoms with Crippen LogP contribution in [-0.2, 0) is 16.1 Å². The Morgan fingerprint density at radius 1 is 0.804 bits per heavy atom. The number of halogens is 1. The topological polar surface area (TPSA) is 123 Å². The lowest BCUT2D eigenvalue weighted by molar-refractivity contribution is -0.136. The fourth-order valence-corrected chi connectivity index (χ4v) is 9.21. The molecule has 4 saturated heterocycles. The number of nitrogens with one attached hydrogen (secondary N) is 1. The summed E-state index contributed by atoms with van der Waals surface area (Å²) >= 11 is 0. The highest BCUT2D eigenvalue weighted by atomic mass is 19.1. The van der Waals surface area contributed by atoms with Gasteiger partial charge in [0.1, 0.15) is 29.2 Å². The Bertz CT molecular complexity index is 2350. The van der Waals surface area contributed by atoms with Gasteiger partial charge in [0.15, 0.2) is 5.65 Å². The van der Waals surface area contributed by atoms with Crippen molar-refractivity contribution >= 4 is 40.7 Å². The van der Waals surface area contributed by atoms with Crippen LogP contribution in [-0.4, -0.2) is 106 Å². The van der Waals surface area contributed by atoms with Crippen molar-refractivity contribution in [3.63, 3.8) is 0 Å². The number of hydrogen-bond donors (Lipinski definition) is 1. The number of imide groups is 1. The average molecular weight is 755 g/mol. The number of anilines is 3. The number of pyridine rings is 1. The minimum absolute atomic E-state index is 0.0744. The molecular formula is C42H43FN10O3. The Balaban J connectivity index is 0.749. The first-order chi connectivity index (χ1) is 27.3. The summed E-state index contributed by atoms with van der Waals surface area (Å²) in [5.41, 5.74) is 6.07. The summed E-state index contributed by atoms with van der Waals surface area (Å²) in [7, 11) is 0. The van der Waals surface area contributed by atoms with E-state index in [1.807, 2.05) is 47.1 Å². The maximum atomic E-state index is 14.1. The van der Waals surface area contributed by atoms with Gasteiger partial charge in [-0.1, -0.05) is 18.2 Å². The molecule has 0 saturated carbocycles. The van der Waals surface area contributed by atoms with E-state index in [4.69, 9.17) is 10.1 Å². The molecule has 2 aromatic carbocycles. The zero-order valence-corrected chi connectivity index (χ0v) is 31.1. The van der Waals surface area contributed by atoms with Crippen molar-refractivity contribution in [3.05, 3.63) is 102 Å². The van der Waals surface area contributed by atoms with Gasteiger partial charge >= 0.3 is 0 Å². The number of aromatic nitrogens is 4. The Hall–Kier alpha value is -5.89. The smallest absolute Gasteiger partial charge is 0.255 e. The molecule has 286 valence electrons. The molecule has 5 aliphatic rings. The lowest BCUT2D eigenvalue weighted by Crippen LogP contribution is -2.55. The summed E-state index contributed by atoms with van der Waals surface area (Å²) in [5.74, 6) is 1.33. The first kappa shape index (κ1) is 34.6. The number of piperidine rings is 1. The Labute approximate surface area is 323 Å². The molecule has 56 heavy (non-hydrogen) atoms. The van der Waals surface area contributed by atoms with Crippen molar-refractivity contribution in [1.82, 2.24) is 34.7 Å². The maximum Gasteiger partial charge on any atom is 0.255 e. The van der Waals surface area contributed by atoms with Gasteiger partial charge in [0.25, 0.3) is 5.91 Å². The van der Waals surface area contributed by atoms with E-state index in [9.17, 15) is 18.8 Å². The van der Waals surface area contributed by atoms with Gasteiger partial charge in [-0.15, -0.1) is 5.10 Å². The molecule has 2 atom stereocenters. The zero-order chi connectivity index (χ0) is 37.9. The van der Waals surface area contributed by atoms with Crippen LogP contribution in [0, 0.1) is 11.7 Å². The molecule has 1 unspecified atom stereocenters. The van der Waals surface area contributed by atoms with Crippen LogP contribution in [0.25, 0.3) is 17.0 Å². The molecule has 13 nitrogen and oxygen atoms in total. The SMILES string of the molecule is O=C1CCC(N2Cc3cc(N4CC(CN5CCN(c6cccc(-c7cnc8ccc(N9CCC[C@@H]9c9cccc(F)c9)nn78)n6)CC5)C4)ccc3C2=O)C(=O)N1. The molecule has 5 aromatic rings. The van der Waals surface area contributed by atoms with E-state index < -0.39 is 6.04 Å². The van der Waals surface area contributed by atoms with E-state index in [0.717, 1.165) is 111 Å². The van der Waals surface area contributed by atoms with Crippen molar-refractivity contribution in [1.29, 1.82) is 0 Å². The molecule has 10 rings (SSSR count). The van der Waals surface area contributed by atoms with Crippen LogP contribution in [0.15, 0.2) is 79.0 Å². The second kappa shape index (κ2) is 14.0. The highest BCUT2D eigenvalue weighted by Crippen LogP contribution is 2.37. The normalized spacial score (nSPS) is 21.9. The van der Waals surface area contributed by atoms with Crippen molar-refractivity contribution < 1.29 is 18.8 Å². The zero-order valence-electron chi connectivity index (χ0n) is 31.1. The number of rotatable bonds is 8. The molecular weight excluding hydrogens is 712 g/mol. The second-order valence-electron chi connectivity index (χ2n) is 15.7.